The summed E-state index contributed by atoms with van der Waals surface area (Å²) in [4.78, 5) is 0. The molecule has 1 aromatic carbocycles. The Hall–Kier alpha value is -1.41. The number of aliphatic hydroxyl groups is 1. The summed E-state index contributed by atoms with van der Waals surface area (Å²) in [6.07, 6.45) is 1.51. The molecule has 0 unspecified atom stereocenters. The van der Waals surface area contributed by atoms with Crippen molar-refractivity contribution >= 4 is 0 Å². The van der Waals surface area contributed by atoms with E-state index in [1.807, 2.05) is 30.3 Å². The van der Waals surface area contributed by atoms with E-state index >= 15 is 0 Å². The summed E-state index contributed by atoms with van der Waals surface area (Å²) in [5.74, 6) is 0. The van der Waals surface area contributed by atoms with E-state index in [0.717, 1.165) is 18.5 Å². The van der Waals surface area contributed by atoms with Gasteiger partial charge in [-0.25, -0.2) is 0 Å². The van der Waals surface area contributed by atoms with Gasteiger partial charge >= 0.3 is 0 Å². The number of hydrogen-bond acceptors (Lipinski definition) is 4. The van der Waals surface area contributed by atoms with Crippen LogP contribution in [-0.4, -0.2) is 30.3 Å². The van der Waals surface area contributed by atoms with Crippen LogP contribution >= 0.6 is 0 Å². The van der Waals surface area contributed by atoms with Crippen molar-refractivity contribution < 1.29 is 5.11 Å². The van der Waals surface area contributed by atoms with E-state index in [2.05, 4.69) is 25.2 Å². The number of nitrogens with two attached hydrogens (primary N) is 1. The Kier molecular flexibility index (Phi) is 7.38. The molecule has 0 aromatic heterocycles. The quantitative estimate of drug-likeness (QED) is 0.648. The molecule has 4 heteroatoms. The molecular weight excluding hydrogens is 262 g/mol. The van der Waals surface area contributed by atoms with Gasteiger partial charge in [-0.1, -0.05) is 44.2 Å². The molecule has 0 radical (unpaired) electrons. The number of hydrogen-bond donors (Lipinski definition) is 3. The summed E-state index contributed by atoms with van der Waals surface area (Å²) in [6.45, 7) is 5.48. The van der Waals surface area contributed by atoms with Gasteiger partial charge in [0.2, 0.25) is 0 Å². The number of nitrogens with zero attached hydrogens (tertiary/aromatic N) is 1. The maximum absolute atomic E-state index is 10.1. The van der Waals surface area contributed by atoms with Gasteiger partial charge in [0, 0.05) is 25.6 Å². The maximum atomic E-state index is 10.1. The highest BCUT2D eigenvalue weighted by atomic mass is 16.3. The zero-order valence-electron chi connectivity index (χ0n) is 13.0. The second-order valence-electron chi connectivity index (χ2n) is 6.37. The van der Waals surface area contributed by atoms with Crippen molar-refractivity contribution in [2.75, 3.05) is 13.1 Å². The minimum atomic E-state index is -0.572. The Balaban J connectivity index is 2.30. The minimum Gasteiger partial charge on any atom is -0.390 e. The number of nitriles is 1. The lowest BCUT2D eigenvalue weighted by Crippen LogP contribution is -2.44. The molecule has 2 atom stereocenters. The highest BCUT2D eigenvalue weighted by Gasteiger charge is 2.19. The fraction of sp³-hybridized carbons (Fsp3) is 0.588. The monoisotopic (exact) mass is 289 g/mol. The fourth-order valence-electron chi connectivity index (χ4n) is 2.21. The summed E-state index contributed by atoms with van der Waals surface area (Å²) >= 11 is 0. The van der Waals surface area contributed by atoms with Crippen LogP contribution in [-0.2, 0) is 6.42 Å². The molecule has 0 bridgehead atoms. The largest absolute Gasteiger partial charge is 0.390 e. The molecule has 21 heavy (non-hydrogen) atoms. The van der Waals surface area contributed by atoms with Crippen molar-refractivity contribution in [3.05, 3.63) is 35.9 Å². The Bertz CT molecular complexity index is 439. The molecule has 0 amide bonds. The molecule has 0 heterocycles. The first kappa shape index (κ1) is 17.6. The van der Waals surface area contributed by atoms with Crippen LogP contribution in [0.5, 0.6) is 0 Å². The smallest absolute Gasteiger partial charge is 0.0818 e. The average Bonchev–Trinajstić information content (AvgIpc) is 2.46. The normalized spacial score (nSPS) is 14.4. The van der Waals surface area contributed by atoms with Crippen LogP contribution in [0.3, 0.4) is 0 Å². The molecule has 1 rings (SSSR count). The molecule has 0 saturated carbocycles. The minimum absolute atomic E-state index is 0.0545. The van der Waals surface area contributed by atoms with Gasteiger partial charge in [-0.3, -0.25) is 0 Å². The van der Waals surface area contributed by atoms with E-state index in [-0.39, 0.29) is 11.5 Å². The SMILES string of the molecule is CC(C)(CCC#N)CNC[C@@H](O)[C@@H](N)Cc1ccccc1. The number of rotatable bonds is 9. The van der Waals surface area contributed by atoms with E-state index in [0.29, 0.717) is 19.4 Å². The van der Waals surface area contributed by atoms with E-state index in [9.17, 15) is 5.11 Å². The fourth-order valence-corrected chi connectivity index (χ4v) is 2.21. The Morgan fingerprint density at radius 2 is 2.00 bits per heavy atom. The molecule has 0 aliphatic rings. The first-order valence-electron chi connectivity index (χ1n) is 7.50. The topological polar surface area (TPSA) is 82.1 Å². The highest BCUT2D eigenvalue weighted by molar-refractivity contribution is 5.16. The second kappa shape index (κ2) is 8.78. The van der Waals surface area contributed by atoms with Crippen LogP contribution in [0.2, 0.25) is 0 Å². The standard InChI is InChI=1S/C17H27N3O/c1-17(2,9-6-10-18)13-20-12-16(21)15(19)11-14-7-4-3-5-8-14/h3-5,7-8,15-16,20-21H,6,9,11-13,19H2,1-2H3/t15-,16+/m0/s1. The number of benzene rings is 1. The van der Waals surface area contributed by atoms with Crippen LogP contribution < -0.4 is 11.1 Å². The van der Waals surface area contributed by atoms with Crippen molar-refractivity contribution in [3.8, 4) is 6.07 Å². The zero-order chi connectivity index (χ0) is 15.7. The number of aliphatic hydroxyl groups excluding tert-OH is 1. The molecule has 0 aliphatic heterocycles. The van der Waals surface area contributed by atoms with Gasteiger partial charge < -0.3 is 16.2 Å². The van der Waals surface area contributed by atoms with Crippen molar-refractivity contribution in [3.63, 3.8) is 0 Å². The van der Waals surface area contributed by atoms with Gasteiger partial charge in [-0.05, 0) is 23.8 Å². The first-order chi connectivity index (χ1) is 9.94. The Morgan fingerprint density at radius 1 is 1.33 bits per heavy atom. The van der Waals surface area contributed by atoms with Crippen LogP contribution in [0.25, 0.3) is 0 Å². The molecule has 116 valence electrons. The van der Waals surface area contributed by atoms with Crippen molar-refractivity contribution in [2.45, 2.75) is 45.3 Å². The first-order valence-corrected chi connectivity index (χ1v) is 7.50. The predicted molar refractivity (Wildman–Crippen MR) is 85.6 cm³/mol. The van der Waals surface area contributed by atoms with Gasteiger partial charge in [-0.15, -0.1) is 0 Å². The summed E-state index contributed by atoms with van der Waals surface area (Å²) in [5.41, 5.74) is 7.24. The average molecular weight is 289 g/mol. The van der Waals surface area contributed by atoms with Gasteiger partial charge in [-0.2, -0.15) is 5.26 Å². The van der Waals surface area contributed by atoms with Crippen LogP contribution in [0.4, 0.5) is 0 Å². The van der Waals surface area contributed by atoms with Crippen LogP contribution in [0.1, 0.15) is 32.3 Å². The summed E-state index contributed by atoms with van der Waals surface area (Å²) in [6, 6.07) is 11.9. The summed E-state index contributed by atoms with van der Waals surface area (Å²) < 4.78 is 0. The summed E-state index contributed by atoms with van der Waals surface area (Å²) in [5, 5.41) is 22.0. The zero-order valence-corrected chi connectivity index (χ0v) is 13.0. The second-order valence-corrected chi connectivity index (χ2v) is 6.37. The maximum Gasteiger partial charge on any atom is 0.0818 e. The van der Waals surface area contributed by atoms with Crippen LogP contribution in [0.15, 0.2) is 30.3 Å². The van der Waals surface area contributed by atoms with Crippen molar-refractivity contribution in [1.82, 2.24) is 5.32 Å². The molecule has 0 spiro atoms. The van der Waals surface area contributed by atoms with Gasteiger partial charge in [0.05, 0.1) is 12.2 Å². The molecule has 0 aliphatic carbocycles. The van der Waals surface area contributed by atoms with Gasteiger partial charge in [0.1, 0.15) is 0 Å². The molecule has 1 aromatic rings. The molecule has 0 saturated heterocycles. The van der Waals surface area contributed by atoms with E-state index in [4.69, 9.17) is 11.0 Å². The molecule has 4 N–H and O–H groups in total. The summed E-state index contributed by atoms with van der Waals surface area (Å²) in [7, 11) is 0. The lowest BCUT2D eigenvalue weighted by atomic mass is 9.88. The third-order valence-electron chi connectivity index (χ3n) is 3.68. The highest BCUT2D eigenvalue weighted by Crippen LogP contribution is 2.20. The number of nitrogens with one attached hydrogen (secondary N) is 1. The van der Waals surface area contributed by atoms with Gasteiger partial charge in [0.15, 0.2) is 0 Å². The lowest BCUT2D eigenvalue weighted by Gasteiger charge is -2.26. The Morgan fingerprint density at radius 3 is 2.62 bits per heavy atom. The predicted octanol–water partition coefficient (Wildman–Crippen LogP) is 1.84. The van der Waals surface area contributed by atoms with E-state index in [1.54, 1.807) is 0 Å². The third kappa shape index (κ3) is 7.24. The lowest BCUT2D eigenvalue weighted by molar-refractivity contribution is 0.137. The van der Waals surface area contributed by atoms with E-state index in [1.165, 1.54) is 0 Å². The molecular formula is C17H27N3O. The van der Waals surface area contributed by atoms with Crippen molar-refractivity contribution in [2.24, 2.45) is 11.1 Å². The van der Waals surface area contributed by atoms with Crippen LogP contribution in [0, 0.1) is 16.7 Å². The van der Waals surface area contributed by atoms with Crippen molar-refractivity contribution in [1.29, 1.82) is 5.26 Å². The Labute approximate surface area is 128 Å². The van der Waals surface area contributed by atoms with Gasteiger partial charge in [0.25, 0.3) is 0 Å². The van der Waals surface area contributed by atoms with E-state index < -0.39 is 6.10 Å². The molecule has 0 fully saturated rings. The molecule has 4 nitrogen and oxygen atoms in total. The third-order valence-corrected chi connectivity index (χ3v) is 3.68.